The van der Waals surface area contributed by atoms with Crippen molar-refractivity contribution in [2.75, 3.05) is 62.0 Å². The van der Waals surface area contributed by atoms with E-state index in [-0.39, 0.29) is 23.7 Å². The lowest BCUT2D eigenvalue weighted by atomic mass is 9.84. The molecule has 43 heavy (non-hydrogen) atoms. The Balaban J connectivity index is 0.000000646. The number of hydrogen-bond donors (Lipinski definition) is 1. The van der Waals surface area contributed by atoms with Crippen molar-refractivity contribution in [3.8, 4) is 5.75 Å². The van der Waals surface area contributed by atoms with Gasteiger partial charge < -0.3 is 34.9 Å². The zero-order chi connectivity index (χ0) is 32.1. The van der Waals surface area contributed by atoms with Crippen LogP contribution in [0.3, 0.4) is 0 Å². The van der Waals surface area contributed by atoms with Gasteiger partial charge in [0.2, 0.25) is 0 Å². The normalized spacial score (nSPS) is 13.8. The molecule has 2 N–H and O–H groups in total. The van der Waals surface area contributed by atoms with Crippen LogP contribution in [0.15, 0.2) is 24.3 Å². The number of benzene rings is 1. The quantitative estimate of drug-likeness (QED) is 0.297. The van der Waals surface area contributed by atoms with Crippen molar-refractivity contribution in [3.05, 3.63) is 35.4 Å². The van der Waals surface area contributed by atoms with Crippen LogP contribution < -0.4 is 29.9 Å². The molecular weight excluding hydrogens is 571 g/mol. The third-order valence-corrected chi connectivity index (χ3v) is 6.87. The first-order chi connectivity index (χ1) is 20.1. The number of carboxylic acid groups (broad SMARTS) is 1. The number of carbonyl (C=O) groups excluding carboxylic acids is 2. The second-order valence-electron chi connectivity index (χ2n) is 10.8. The van der Waals surface area contributed by atoms with E-state index in [4.69, 9.17) is 25.1 Å². The van der Waals surface area contributed by atoms with Gasteiger partial charge in [-0.2, -0.15) is 13.2 Å². The molecule has 0 amide bonds. The summed E-state index contributed by atoms with van der Waals surface area (Å²) in [5.74, 6) is -1.21. The minimum absolute atomic E-state index is 0.0471. The summed E-state index contributed by atoms with van der Waals surface area (Å²) in [5.41, 5.74) is 9.15. The van der Waals surface area contributed by atoms with Gasteiger partial charge in [-0.1, -0.05) is 30.4 Å². The molecule has 0 unspecified atom stereocenters. The van der Waals surface area contributed by atoms with E-state index in [1.54, 1.807) is 16.3 Å². The summed E-state index contributed by atoms with van der Waals surface area (Å²) < 4.78 is 46.2. The number of hydrogen-bond acceptors (Lipinski definition) is 10. The van der Waals surface area contributed by atoms with E-state index in [1.807, 2.05) is 24.3 Å². The summed E-state index contributed by atoms with van der Waals surface area (Å²) in [7, 11) is 1.69. The number of ether oxygens (including phenoxy) is 2. The third-order valence-electron chi connectivity index (χ3n) is 6.87. The zero-order valence-electron chi connectivity index (χ0n) is 25.2. The Morgan fingerprint density at radius 2 is 1.74 bits per heavy atom. The predicted octanol–water partition coefficient (Wildman–Crippen LogP) is 1.77. The van der Waals surface area contributed by atoms with E-state index in [9.17, 15) is 18.0 Å². The summed E-state index contributed by atoms with van der Waals surface area (Å²) in [6.45, 7) is 15.0. The number of anilines is 3. The number of fused-ring (bicyclic) bond motifs is 1. The molecular formula is C28H38F3N7O5. The van der Waals surface area contributed by atoms with Crippen LogP contribution in [0.1, 0.15) is 50.5 Å². The van der Waals surface area contributed by atoms with Gasteiger partial charge in [0.25, 0.3) is 5.65 Å². The lowest BCUT2D eigenvalue weighted by molar-refractivity contribution is -0.564. The first-order valence-corrected chi connectivity index (χ1v) is 13.8. The smallest absolute Gasteiger partial charge is 0.430 e. The molecule has 3 heterocycles. The number of rotatable bonds is 8. The van der Waals surface area contributed by atoms with Crippen LogP contribution in [-0.2, 0) is 21.5 Å². The number of halogens is 3. The van der Waals surface area contributed by atoms with Crippen LogP contribution in [0, 0.1) is 0 Å². The number of morpholine rings is 1. The Labute approximate surface area is 247 Å². The predicted molar refractivity (Wildman–Crippen MR) is 151 cm³/mol. The van der Waals surface area contributed by atoms with E-state index in [1.165, 1.54) is 0 Å². The van der Waals surface area contributed by atoms with E-state index in [0.29, 0.717) is 24.4 Å². The highest BCUT2D eigenvalue weighted by atomic mass is 19.4. The van der Waals surface area contributed by atoms with Crippen molar-refractivity contribution >= 4 is 34.9 Å². The molecule has 1 aromatic carbocycles. The lowest BCUT2D eigenvalue weighted by Crippen LogP contribution is -2.37. The third kappa shape index (κ3) is 7.83. The van der Waals surface area contributed by atoms with Gasteiger partial charge in [0.1, 0.15) is 11.7 Å². The highest BCUT2D eigenvalue weighted by molar-refractivity contribution is 5.98. The van der Waals surface area contributed by atoms with Gasteiger partial charge >= 0.3 is 12.1 Å². The Kier molecular flexibility index (Phi) is 10.4. The van der Waals surface area contributed by atoms with Crippen LogP contribution in [0.4, 0.5) is 30.6 Å². The number of nitrogen functional groups attached to an aromatic ring is 1. The van der Waals surface area contributed by atoms with Crippen molar-refractivity contribution in [1.82, 2.24) is 14.9 Å². The van der Waals surface area contributed by atoms with E-state index < -0.39 is 12.1 Å². The van der Waals surface area contributed by atoms with Gasteiger partial charge in [0, 0.05) is 48.5 Å². The number of alkyl halides is 3. The number of ketones is 1. The fraction of sp³-hybridized carbons (Fsp3) is 0.536. The maximum absolute atomic E-state index is 13.6. The van der Waals surface area contributed by atoms with Gasteiger partial charge in [-0.25, -0.2) is 0 Å². The number of carboxylic acids is 1. The summed E-state index contributed by atoms with van der Waals surface area (Å²) in [6, 6.07) is 7.72. The molecule has 3 aromatic rings. The van der Waals surface area contributed by atoms with Crippen LogP contribution in [-0.4, -0.2) is 79.3 Å². The second-order valence-corrected chi connectivity index (χ2v) is 10.8. The standard InChI is InChI=1S/C26H38N7O3.C2HF3O2/c1-7-30(8-2)22-9-10-23-32(29-25(27)33(23)28-22)17-21(34)18-15-19(26(3,4)5)24(35-6)20(16-18)31-11-13-36-14-12-31;3-2(4,5)1(6)7/h9-10,15-16H,7-8,11-14,17H2,1-6H3,(H2,27,29);(H,6,7)/q+1;/p-1. The van der Waals surface area contributed by atoms with Crippen LogP contribution in [0.2, 0.25) is 0 Å². The molecule has 1 saturated heterocycles. The highest BCUT2D eigenvalue weighted by Gasteiger charge is 2.29. The fourth-order valence-electron chi connectivity index (χ4n) is 4.63. The molecule has 0 atom stereocenters. The Morgan fingerprint density at radius 3 is 2.26 bits per heavy atom. The summed E-state index contributed by atoms with van der Waals surface area (Å²) >= 11 is 0. The average molecular weight is 610 g/mol. The van der Waals surface area contributed by atoms with Crippen molar-refractivity contribution < 1.29 is 41.9 Å². The first kappa shape index (κ1) is 33.4. The minimum Gasteiger partial charge on any atom is -0.542 e. The van der Waals surface area contributed by atoms with Crippen molar-refractivity contribution in [1.29, 1.82) is 0 Å². The fourth-order valence-corrected chi connectivity index (χ4v) is 4.63. The number of nitrogens with two attached hydrogens (primary N) is 1. The van der Waals surface area contributed by atoms with E-state index in [0.717, 1.165) is 49.0 Å². The van der Waals surface area contributed by atoms with Crippen molar-refractivity contribution in [2.45, 2.75) is 52.8 Å². The number of Topliss-reactive ketones (excluding diaryl/α,β-unsaturated/α-hetero) is 1. The van der Waals surface area contributed by atoms with Crippen LogP contribution in [0.5, 0.6) is 5.75 Å². The molecule has 1 aliphatic rings. The summed E-state index contributed by atoms with van der Waals surface area (Å²) in [5, 5.41) is 17.9. The van der Waals surface area contributed by atoms with Crippen molar-refractivity contribution in [2.24, 2.45) is 0 Å². The monoisotopic (exact) mass is 609 g/mol. The molecule has 236 valence electrons. The number of aromatic nitrogens is 4. The van der Waals surface area contributed by atoms with E-state index >= 15 is 0 Å². The Bertz CT molecular complexity index is 1440. The van der Waals surface area contributed by atoms with Gasteiger partial charge in [-0.3, -0.25) is 4.79 Å². The van der Waals surface area contributed by atoms with Crippen LogP contribution >= 0.6 is 0 Å². The molecule has 15 heteroatoms. The molecule has 4 rings (SSSR count). The SMILES string of the molecule is CCN(CC)c1ccc2n(CC(=O)c3cc(N4CCOCC4)c(OC)c(C(C)(C)C)c3)nc(N)[n+]2n1.O=C([O-])C(F)(F)F. The maximum atomic E-state index is 13.6. The number of nitrogens with zero attached hydrogens (tertiary/aromatic N) is 6. The Hall–Kier alpha value is -4.14. The molecule has 2 aromatic heterocycles. The van der Waals surface area contributed by atoms with E-state index in [2.05, 4.69) is 54.6 Å². The molecule has 0 aliphatic carbocycles. The summed E-state index contributed by atoms with van der Waals surface area (Å²) in [6.07, 6.45) is -5.19. The minimum atomic E-state index is -5.19. The Morgan fingerprint density at radius 1 is 1.14 bits per heavy atom. The molecule has 1 aliphatic heterocycles. The molecule has 0 spiro atoms. The average Bonchev–Trinajstić information content (AvgIpc) is 3.26. The van der Waals surface area contributed by atoms with Gasteiger partial charge in [0.15, 0.2) is 18.1 Å². The molecule has 0 radical (unpaired) electrons. The number of methoxy groups -OCH3 is 1. The summed E-state index contributed by atoms with van der Waals surface area (Å²) in [4.78, 5) is 26.8. The number of carbonyl (C=O) groups is 2. The highest BCUT2D eigenvalue weighted by Crippen LogP contribution is 2.40. The van der Waals surface area contributed by atoms with Gasteiger partial charge in [-0.05, 0) is 37.5 Å². The van der Waals surface area contributed by atoms with Gasteiger partial charge in [0.05, 0.1) is 26.0 Å². The lowest BCUT2D eigenvalue weighted by Gasteiger charge is -2.33. The maximum Gasteiger partial charge on any atom is 0.430 e. The molecule has 0 saturated carbocycles. The first-order valence-electron chi connectivity index (χ1n) is 13.8. The molecule has 0 bridgehead atoms. The molecule has 1 fully saturated rings. The second kappa shape index (κ2) is 13.4. The van der Waals surface area contributed by atoms with Crippen molar-refractivity contribution in [3.63, 3.8) is 0 Å². The number of aliphatic carboxylic acids is 1. The zero-order valence-corrected chi connectivity index (χ0v) is 25.2. The largest absolute Gasteiger partial charge is 0.542 e. The van der Waals surface area contributed by atoms with Gasteiger partial charge in [-0.15, -0.1) is 4.68 Å². The molecule has 12 nitrogen and oxygen atoms in total. The van der Waals surface area contributed by atoms with Crippen LogP contribution in [0.25, 0.3) is 5.65 Å². The topological polar surface area (TPSA) is 143 Å².